The number of esters is 1. The van der Waals surface area contributed by atoms with Crippen molar-refractivity contribution in [1.29, 1.82) is 0 Å². The predicted octanol–water partition coefficient (Wildman–Crippen LogP) is 5.52. The Kier molecular flexibility index (Phi) is 6.65. The molecule has 1 atom stereocenters. The zero-order valence-electron chi connectivity index (χ0n) is 20.7. The number of ether oxygens (including phenoxy) is 2. The molecule has 38 heavy (non-hydrogen) atoms. The number of aryl methyl sites for hydroxylation is 1. The zero-order chi connectivity index (χ0) is 26.8. The largest absolute Gasteiger partial charge is 0.465 e. The van der Waals surface area contributed by atoms with Gasteiger partial charge in [0.1, 0.15) is 11.5 Å². The first-order valence-corrected chi connectivity index (χ1v) is 13.3. The van der Waals surface area contributed by atoms with Gasteiger partial charge in [0.25, 0.3) is 0 Å². The van der Waals surface area contributed by atoms with Crippen LogP contribution in [0.2, 0.25) is 0 Å². The van der Waals surface area contributed by atoms with Gasteiger partial charge in [-0.2, -0.15) is 0 Å². The number of rotatable bonds is 7. The number of carbonyl (C=O) groups excluding carboxylic acids is 1. The third-order valence-corrected chi connectivity index (χ3v) is 8.42. The molecule has 0 fully saturated rings. The summed E-state index contributed by atoms with van der Waals surface area (Å²) >= 11 is 0. The molecule has 1 aliphatic heterocycles. The second-order valence-corrected chi connectivity index (χ2v) is 10.8. The summed E-state index contributed by atoms with van der Waals surface area (Å²) in [6, 6.07) is 24.4. The first-order chi connectivity index (χ1) is 18.4. The fraction of sp³-hybridized carbons (Fsp3) is 0.100. The van der Waals surface area contributed by atoms with Gasteiger partial charge >= 0.3 is 5.97 Å². The second-order valence-electron chi connectivity index (χ2n) is 8.68. The molecule has 0 aliphatic carbocycles. The van der Waals surface area contributed by atoms with Crippen molar-refractivity contribution in [2.45, 2.75) is 16.7 Å². The number of allylic oxidation sites excluding steroid dienone is 1. The zero-order valence-corrected chi connectivity index (χ0v) is 21.6. The van der Waals surface area contributed by atoms with E-state index >= 15 is 0 Å². The van der Waals surface area contributed by atoms with E-state index in [1.54, 1.807) is 55.7 Å². The maximum absolute atomic E-state index is 14.3. The second kappa shape index (κ2) is 10.1. The van der Waals surface area contributed by atoms with Crippen LogP contribution in [0.5, 0.6) is 5.75 Å². The van der Waals surface area contributed by atoms with E-state index in [0.717, 1.165) is 11.1 Å². The van der Waals surface area contributed by atoms with Crippen molar-refractivity contribution in [3.05, 3.63) is 126 Å². The molecule has 4 aromatic rings. The summed E-state index contributed by atoms with van der Waals surface area (Å²) in [7, 11) is -2.95. The molecule has 0 N–H and O–H groups in total. The number of aliphatic imine (C=N–C) groups is 1. The highest BCUT2D eigenvalue weighted by Crippen LogP contribution is 2.46. The summed E-state index contributed by atoms with van der Waals surface area (Å²) in [5, 5.41) is 0. The Bertz CT molecular complexity index is 1650. The van der Waals surface area contributed by atoms with Crippen molar-refractivity contribution < 1.29 is 22.7 Å². The number of carbonyl (C=O) groups is 1. The summed E-state index contributed by atoms with van der Waals surface area (Å²) < 4.78 is 39.8. The quantitative estimate of drug-likeness (QED) is 0.296. The van der Waals surface area contributed by atoms with E-state index in [0.29, 0.717) is 11.3 Å². The SMILES string of the molecule is COC(=O)c1cc(-c2ccccc2)cc(C)c1C1(S(=O)(=O)c2ccccc2)C=C(Oc2ccncc2)C=N1. The van der Waals surface area contributed by atoms with E-state index in [1.165, 1.54) is 31.5 Å². The van der Waals surface area contributed by atoms with Crippen molar-refractivity contribution in [2.75, 3.05) is 7.11 Å². The number of hydrogen-bond donors (Lipinski definition) is 0. The van der Waals surface area contributed by atoms with Gasteiger partial charge in [0, 0.05) is 24.0 Å². The molecule has 0 saturated carbocycles. The van der Waals surface area contributed by atoms with Crippen LogP contribution in [0, 0.1) is 6.92 Å². The van der Waals surface area contributed by atoms with Gasteiger partial charge in [-0.1, -0.05) is 54.6 Å². The molecule has 1 aliphatic rings. The highest BCUT2D eigenvalue weighted by Gasteiger charge is 2.50. The number of nitrogens with zero attached hydrogens (tertiary/aromatic N) is 2. The summed E-state index contributed by atoms with van der Waals surface area (Å²) in [5.74, 6) is 0.0172. The van der Waals surface area contributed by atoms with Gasteiger partial charge in [0.15, 0.2) is 0 Å². The predicted molar refractivity (Wildman–Crippen MR) is 145 cm³/mol. The number of pyridine rings is 1. The van der Waals surface area contributed by atoms with E-state index < -0.39 is 20.7 Å². The molecule has 0 bridgehead atoms. The maximum Gasteiger partial charge on any atom is 0.338 e. The Labute approximate surface area is 221 Å². The van der Waals surface area contributed by atoms with Crippen molar-refractivity contribution in [2.24, 2.45) is 4.99 Å². The Balaban J connectivity index is 1.78. The van der Waals surface area contributed by atoms with Gasteiger partial charge in [-0.25, -0.2) is 13.2 Å². The minimum Gasteiger partial charge on any atom is -0.465 e. The molecule has 0 amide bonds. The van der Waals surface area contributed by atoms with Crippen LogP contribution >= 0.6 is 0 Å². The Hall–Kier alpha value is -4.56. The molecule has 0 saturated heterocycles. The summed E-state index contributed by atoms with van der Waals surface area (Å²) in [6.45, 7) is 1.77. The highest BCUT2D eigenvalue weighted by atomic mass is 32.2. The molecule has 5 rings (SSSR count). The van der Waals surface area contributed by atoms with Gasteiger partial charge in [-0.3, -0.25) is 9.98 Å². The molecule has 2 heterocycles. The molecule has 3 aromatic carbocycles. The standard InChI is InChI=1S/C30H24N2O5S/c1-21-17-23(22-9-5-3-6-10-22)18-27(29(33)36-2)28(21)30(38(34,35)26-11-7-4-8-12-26)19-25(20-32-30)37-24-13-15-31-16-14-24/h3-20H,1-2H3. The van der Waals surface area contributed by atoms with E-state index in [2.05, 4.69) is 9.98 Å². The van der Waals surface area contributed by atoms with Crippen LogP contribution in [-0.4, -0.2) is 32.7 Å². The molecular weight excluding hydrogens is 500 g/mol. The van der Waals surface area contributed by atoms with Gasteiger partial charge in [-0.15, -0.1) is 0 Å². The number of methoxy groups -OCH3 is 1. The molecule has 0 spiro atoms. The van der Waals surface area contributed by atoms with Crippen LogP contribution in [0.1, 0.15) is 21.5 Å². The van der Waals surface area contributed by atoms with E-state index in [1.807, 2.05) is 36.4 Å². The minimum atomic E-state index is -4.22. The molecule has 190 valence electrons. The Morgan fingerprint density at radius 1 is 0.868 bits per heavy atom. The molecule has 1 aromatic heterocycles. The number of sulfone groups is 1. The van der Waals surface area contributed by atoms with Gasteiger partial charge in [0.2, 0.25) is 14.7 Å². The molecule has 1 unspecified atom stereocenters. The van der Waals surface area contributed by atoms with Crippen molar-refractivity contribution in [3.63, 3.8) is 0 Å². The fourth-order valence-electron chi connectivity index (χ4n) is 4.55. The fourth-order valence-corrected chi connectivity index (χ4v) is 6.43. The molecule has 8 heteroatoms. The average molecular weight is 525 g/mol. The minimum absolute atomic E-state index is 0.0564. The van der Waals surface area contributed by atoms with E-state index in [4.69, 9.17) is 9.47 Å². The monoisotopic (exact) mass is 524 g/mol. The molecule has 7 nitrogen and oxygen atoms in total. The highest BCUT2D eigenvalue weighted by molar-refractivity contribution is 7.92. The average Bonchev–Trinajstić information content (AvgIpc) is 3.38. The van der Waals surface area contributed by atoms with Crippen LogP contribution < -0.4 is 4.74 Å². The summed E-state index contributed by atoms with van der Waals surface area (Å²) in [5.41, 5.74) is 2.49. The lowest BCUT2D eigenvalue weighted by atomic mass is 9.90. The lowest BCUT2D eigenvalue weighted by Gasteiger charge is -2.29. The lowest BCUT2D eigenvalue weighted by Crippen LogP contribution is -2.34. The number of aromatic nitrogens is 1. The third kappa shape index (κ3) is 4.39. The first-order valence-electron chi connectivity index (χ1n) is 11.8. The van der Waals surface area contributed by atoms with Crippen LogP contribution in [0.3, 0.4) is 0 Å². The normalized spacial score (nSPS) is 16.6. The number of benzene rings is 3. The third-order valence-electron chi connectivity index (χ3n) is 6.28. The van der Waals surface area contributed by atoms with Crippen molar-refractivity contribution in [3.8, 4) is 16.9 Å². The molecule has 0 radical (unpaired) electrons. The van der Waals surface area contributed by atoms with Gasteiger partial charge in [-0.05, 0) is 53.9 Å². The smallest absolute Gasteiger partial charge is 0.338 e. The number of hydrogen-bond acceptors (Lipinski definition) is 7. The van der Waals surface area contributed by atoms with E-state index in [9.17, 15) is 13.2 Å². The van der Waals surface area contributed by atoms with Crippen LogP contribution in [0.25, 0.3) is 11.1 Å². The lowest BCUT2D eigenvalue weighted by molar-refractivity contribution is 0.0599. The van der Waals surface area contributed by atoms with Crippen LogP contribution in [0.15, 0.2) is 119 Å². The maximum atomic E-state index is 14.3. The van der Waals surface area contributed by atoms with Crippen molar-refractivity contribution in [1.82, 2.24) is 4.98 Å². The first kappa shape index (κ1) is 25.1. The van der Waals surface area contributed by atoms with E-state index in [-0.39, 0.29) is 21.8 Å². The molecular formula is C30H24N2O5S. The van der Waals surface area contributed by atoms with Gasteiger partial charge < -0.3 is 9.47 Å². The van der Waals surface area contributed by atoms with Gasteiger partial charge in [0.05, 0.1) is 23.8 Å². The Morgan fingerprint density at radius 2 is 1.53 bits per heavy atom. The van der Waals surface area contributed by atoms with Crippen LogP contribution in [0.4, 0.5) is 0 Å². The van der Waals surface area contributed by atoms with Crippen LogP contribution in [-0.2, 0) is 19.4 Å². The summed E-state index contributed by atoms with van der Waals surface area (Å²) in [6.07, 6.45) is 5.94. The summed E-state index contributed by atoms with van der Waals surface area (Å²) in [4.78, 5) is 19.8. The Morgan fingerprint density at radius 3 is 2.18 bits per heavy atom. The topological polar surface area (TPSA) is 94.9 Å². The van der Waals surface area contributed by atoms with Crippen molar-refractivity contribution >= 4 is 22.0 Å².